The third kappa shape index (κ3) is 2.00. The highest BCUT2D eigenvalue weighted by Gasteiger charge is 2.38. The molecule has 0 saturated carbocycles. The standard InChI is InChI=1S/C11H11F3N2O/c1-16-8-3-2-6(10(15)11(12,13)14)4-7(8)5-9(16)17/h2-4,10H,5,15H2,1H3. The molecule has 1 aliphatic rings. The number of carbonyl (C=O) groups is 1. The molecule has 1 atom stereocenters. The Kier molecular flexibility index (Phi) is 2.61. The molecule has 1 aliphatic heterocycles. The Bertz CT molecular complexity index is 470. The number of nitrogens with zero attached hydrogens (tertiary/aromatic N) is 1. The maximum atomic E-state index is 12.4. The van der Waals surface area contributed by atoms with E-state index in [9.17, 15) is 18.0 Å². The summed E-state index contributed by atoms with van der Waals surface area (Å²) in [5, 5.41) is 0. The number of hydrogen-bond donors (Lipinski definition) is 1. The molecule has 1 aromatic rings. The van der Waals surface area contributed by atoms with E-state index in [1.807, 2.05) is 0 Å². The van der Waals surface area contributed by atoms with Crippen molar-refractivity contribution in [2.75, 3.05) is 11.9 Å². The van der Waals surface area contributed by atoms with Crippen molar-refractivity contribution < 1.29 is 18.0 Å². The quantitative estimate of drug-likeness (QED) is 0.818. The third-order valence-corrected chi connectivity index (χ3v) is 2.89. The van der Waals surface area contributed by atoms with Gasteiger partial charge in [0.1, 0.15) is 6.04 Å². The molecule has 3 nitrogen and oxygen atoms in total. The first kappa shape index (κ1) is 11.9. The smallest absolute Gasteiger partial charge is 0.316 e. The summed E-state index contributed by atoms with van der Waals surface area (Å²) >= 11 is 0. The van der Waals surface area contributed by atoms with Crippen LogP contribution < -0.4 is 10.6 Å². The molecule has 0 aliphatic carbocycles. The van der Waals surface area contributed by atoms with E-state index in [-0.39, 0.29) is 17.9 Å². The highest BCUT2D eigenvalue weighted by Crippen LogP contribution is 2.34. The second kappa shape index (κ2) is 3.73. The molecule has 0 radical (unpaired) electrons. The fourth-order valence-electron chi connectivity index (χ4n) is 1.87. The van der Waals surface area contributed by atoms with Crippen molar-refractivity contribution in [3.8, 4) is 0 Å². The van der Waals surface area contributed by atoms with E-state index in [4.69, 9.17) is 5.73 Å². The van der Waals surface area contributed by atoms with Crippen LogP contribution in [0.1, 0.15) is 17.2 Å². The van der Waals surface area contributed by atoms with Crippen LogP contribution in [-0.4, -0.2) is 19.1 Å². The largest absolute Gasteiger partial charge is 0.407 e. The summed E-state index contributed by atoms with van der Waals surface area (Å²) < 4.78 is 37.3. The van der Waals surface area contributed by atoms with Gasteiger partial charge in [0.2, 0.25) is 5.91 Å². The SMILES string of the molecule is CN1C(=O)Cc2cc(C(N)C(F)(F)F)ccc21. The van der Waals surface area contributed by atoms with E-state index in [0.29, 0.717) is 11.3 Å². The predicted octanol–water partition coefficient (Wildman–Crippen LogP) is 1.77. The van der Waals surface area contributed by atoms with E-state index in [1.165, 1.54) is 23.1 Å². The molecule has 1 unspecified atom stereocenters. The lowest BCUT2D eigenvalue weighted by Gasteiger charge is -2.17. The summed E-state index contributed by atoms with van der Waals surface area (Å²) in [5.74, 6) is -0.127. The zero-order valence-electron chi connectivity index (χ0n) is 9.08. The van der Waals surface area contributed by atoms with Crippen LogP contribution in [0.15, 0.2) is 18.2 Å². The molecule has 92 valence electrons. The first-order valence-corrected chi connectivity index (χ1v) is 5.02. The lowest BCUT2D eigenvalue weighted by molar-refractivity contribution is -0.149. The Balaban J connectivity index is 2.37. The molecular formula is C11H11F3N2O. The molecule has 1 aromatic carbocycles. The second-order valence-corrected chi connectivity index (χ2v) is 4.04. The average molecular weight is 244 g/mol. The van der Waals surface area contributed by atoms with Crippen molar-refractivity contribution >= 4 is 11.6 Å². The maximum Gasteiger partial charge on any atom is 0.407 e. The van der Waals surface area contributed by atoms with Gasteiger partial charge in [-0.3, -0.25) is 4.79 Å². The highest BCUT2D eigenvalue weighted by molar-refractivity contribution is 6.00. The van der Waals surface area contributed by atoms with Crippen LogP contribution in [-0.2, 0) is 11.2 Å². The van der Waals surface area contributed by atoms with Gasteiger partial charge in [0, 0.05) is 12.7 Å². The summed E-state index contributed by atoms with van der Waals surface area (Å²) in [5.41, 5.74) is 6.34. The number of carbonyl (C=O) groups excluding carboxylic acids is 1. The Morgan fingerprint density at radius 1 is 1.41 bits per heavy atom. The van der Waals surface area contributed by atoms with Gasteiger partial charge in [-0.1, -0.05) is 12.1 Å². The highest BCUT2D eigenvalue weighted by atomic mass is 19.4. The first-order valence-electron chi connectivity index (χ1n) is 5.02. The predicted molar refractivity (Wildman–Crippen MR) is 56.5 cm³/mol. The molecule has 1 amide bonds. The first-order chi connectivity index (χ1) is 7.80. The van der Waals surface area contributed by atoms with E-state index < -0.39 is 12.2 Å². The minimum atomic E-state index is -4.47. The number of fused-ring (bicyclic) bond motifs is 1. The van der Waals surface area contributed by atoms with Crippen molar-refractivity contribution in [1.29, 1.82) is 0 Å². The molecule has 1 heterocycles. The van der Waals surface area contributed by atoms with Crippen LogP contribution in [0.25, 0.3) is 0 Å². The minimum absolute atomic E-state index is 0.0145. The summed E-state index contributed by atoms with van der Waals surface area (Å²) in [7, 11) is 1.59. The van der Waals surface area contributed by atoms with Gasteiger partial charge in [-0.25, -0.2) is 0 Å². The van der Waals surface area contributed by atoms with Crippen molar-refractivity contribution in [3.63, 3.8) is 0 Å². The van der Waals surface area contributed by atoms with Gasteiger partial charge in [-0.2, -0.15) is 13.2 Å². The molecular weight excluding hydrogens is 233 g/mol. The van der Waals surface area contributed by atoms with Crippen LogP contribution in [0.4, 0.5) is 18.9 Å². The number of likely N-dealkylation sites (N-methyl/N-ethyl adjacent to an activating group) is 1. The molecule has 0 spiro atoms. The molecule has 17 heavy (non-hydrogen) atoms. The van der Waals surface area contributed by atoms with Gasteiger partial charge >= 0.3 is 6.18 Å². The fraction of sp³-hybridized carbons (Fsp3) is 0.364. The van der Waals surface area contributed by atoms with Gasteiger partial charge in [0.25, 0.3) is 0 Å². The number of benzene rings is 1. The lowest BCUT2D eigenvalue weighted by Crippen LogP contribution is -2.28. The van der Waals surface area contributed by atoms with Gasteiger partial charge in [-0.15, -0.1) is 0 Å². The molecule has 2 N–H and O–H groups in total. The number of hydrogen-bond acceptors (Lipinski definition) is 2. The summed E-state index contributed by atoms with van der Waals surface area (Å²) in [6.45, 7) is 0. The molecule has 0 saturated heterocycles. The van der Waals surface area contributed by atoms with E-state index in [0.717, 1.165) is 0 Å². The summed E-state index contributed by atoms with van der Waals surface area (Å²) in [4.78, 5) is 12.8. The summed E-state index contributed by atoms with van der Waals surface area (Å²) in [6.07, 6.45) is -4.34. The topological polar surface area (TPSA) is 46.3 Å². The van der Waals surface area contributed by atoms with Crippen molar-refractivity contribution in [1.82, 2.24) is 0 Å². The van der Waals surface area contributed by atoms with Crippen LogP contribution in [0.5, 0.6) is 0 Å². The van der Waals surface area contributed by atoms with Crippen LogP contribution >= 0.6 is 0 Å². The number of rotatable bonds is 1. The molecule has 0 bridgehead atoms. The van der Waals surface area contributed by atoms with Crippen LogP contribution in [0.2, 0.25) is 0 Å². The van der Waals surface area contributed by atoms with Crippen molar-refractivity contribution in [2.24, 2.45) is 5.73 Å². The Labute approximate surface area is 96.0 Å². The summed E-state index contributed by atoms with van der Waals surface area (Å²) in [6, 6.07) is 2.16. The van der Waals surface area contributed by atoms with Gasteiger partial charge in [-0.05, 0) is 17.2 Å². The number of alkyl halides is 3. The second-order valence-electron chi connectivity index (χ2n) is 4.04. The Morgan fingerprint density at radius 3 is 2.65 bits per heavy atom. The van der Waals surface area contributed by atoms with E-state index in [1.54, 1.807) is 7.05 Å². The Hall–Kier alpha value is -1.56. The van der Waals surface area contributed by atoms with Gasteiger partial charge in [0.05, 0.1) is 6.42 Å². The average Bonchev–Trinajstić information content (AvgIpc) is 2.52. The lowest BCUT2D eigenvalue weighted by atomic mass is 10.0. The third-order valence-electron chi connectivity index (χ3n) is 2.89. The van der Waals surface area contributed by atoms with Crippen molar-refractivity contribution in [3.05, 3.63) is 29.3 Å². The fourth-order valence-corrected chi connectivity index (χ4v) is 1.87. The van der Waals surface area contributed by atoms with E-state index >= 15 is 0 Å². The number of nitrogens with two attached hydrogens (primary N) is 1. The normalized spacial score (nSPS) is 17.2. The Morgan fingerprint density at radius 2 is 2.06 bits per heavy atom. The van der Waals surface area contributed by atoms with Crippen LogP contribution in [0, 0.1) is 0 Å². The number of halogens is 3. The zero-order valence-corrected chi connectivity index (χ0v) is 9.08. The zero-order chi connectivity index (χ0) is 12.8. The monoisotopic (exact) mass is 244 g/mol. The molecule has 6 heteroatoms. The molecule has 0 fully saturated rings. The van der Waals surface area contributed by atoms with Gasteiger partial charge in [0.15, 0.2) is 0 Å². The minimum Gasteiger partial charge on any atom is -0.316 e. The van der Waals surface area contributed by atoms with Crippen molar-refractivity contribution in [2.45, 2.75) is 18.6 Å². The molecule has 2 rings (SSSR count). The van der Waals surface area contributed by atoms with Gasteiger partial charge < -0.3 is 10.6 Å². The number of anilines is 1. The van der Waals surface area contributed by atoms with E-state index in [2.05, 4.69) is 0 Å². The number of amides is 1. The van der Waals surface area contributed by atoms with Crippen LogP contribution in [0.3, 0.4) is 0 Å². The maximum absolute atomic E-state index is 12.4. The molecule has 0 aromatic heterocycles.